The molecule has 1 heterocycles. The van der Waals surface area contributed by atoms with Crippen LogP contribution in [0.5, 0.6) is 0 Å². The van der Waals surface area contributed by atoms with Crippen molar-refractivity contribution >= 4 is 48.3 Å². The summed E-state index contributed by atoms with van der Waals surface area (Å²) in [6, 6.07) is 13.3. The Balaban J connectivity index is 1.85. The van der Waals surface area contributed by atoms with E-state index in [1.54, 1.807) is 50.2 Å². The number of benzene rings is 2. The molecule has 0 aliphatic carbocycles. The van der Waals surface area contributed by atoms with E-state index in [9.17, 15) is 13.2 Å². The van der Waals surface area contributed by atoms with Gasteiger partial charge < -0.3 is 5.32 Å². The second-order valence-corrected chi connectivity index (χ2v) is 8.48. The highest BCUT2D eigenvalue weighted by molar-refractivity contribution is 7.92. The minimum atomic E-state index is -3.65. The van der Waals surface area contributed by atoms with Crippen LogP contribution in [-0.2, 0) is 14.8 Å². The first-order valence-electron chi connectivity index (χ1n) is 7.64. The normalized spacial score (nSPS) is 11.6. The fourth-order valence-electron chi connectivity index (χ4n) is 2.11. The Morgan fingerprint density at radius 1 is 1.12 bits per heavy atom. The summed E-state index contributed by atoms with van der Waals surface area (Å²) >= 11 is 1.35. The Hall–Kier alpha value is -2.45. The number of rotatable bonds is 5. The lowest BCUT2D eigenvalue weighted by atomic mass is 10.2. The van der Waals surface area contributed by atoms with Gasteiger partial charge >= 0.3 is 0 Å². The van der Waals surface area contributed by atoms with E-state index in [4.69, 9.17) is 0 Å². The van der Waals surface area contributed by atoms with Gasteiger partial charge in [-0.15, -0.1) is 0 Å². The molecule has 0 aliphatic heterocycles. The number of nitrogens with one attached hydrogen (secondary N) is 2. The van der Waals surface area contributed by atoms with Gasteiger partial charge in [0.2, 0.25) is 5.91 Å². The van der Waals surface area contributed by atoms with Crippen LogP contribution in [0.15, 0.2) is 53.4 Å². The summed E-state index contributed by atoms with van der Waals surface area (Å²) in [5.41, 5.74) is 1.04. The van der Waals surface area contributed by atoms with Crippen molar-refractivity contribution < 1.29 is 13.2 Å². The lowest BCUT2D eigenvalue weighted by Gasteiger charge is -2.07. The number of carbonyl (C=O) groups excluding carboxylic acids is 1. The van der Waals surface area contributed by atoms with Crippen molar-refractivity contribution in [2.45, 2.75) is 18.7 Å². The minimum absolute atomic E-state index is 0.107. The van der Waals surface area contributed by atoms with Crippen molar-refractivity contribution in [1.82, 2.24) is 4.98 Å². The topological polar surface area (TPSA) is 88.2 Å². The van der Waals surface area contributed by atoms with Gasteiger partial charge in [-0.25, -0.2) is 13.4 Å². The fraction of sp³-hybridized carbons (Fsp3) is 0.176. The number of fused-ring (bicyclic) bond motifs is 1. The van der Waals surface area contributed by atoms with Gasteiger partial charge in [0.25, 0.3) is 10.0 Å². The van der Waals surface area contributed by atoms with Gasteiger partial charge in [0.15, 0.2) is 5.13 Å². The van der Waals surface area contributed by atoms with Crippen molar-refractivity contribution in [1.29, 1.82) is 0 Å². The molecule has 2 aromatic carbocycles. The van der Waals surface area contributed by atoms with E-state index in [0.29, 0.717) is 16.3 Å². The Morgan fingerprint density at radius 2 is 1.84 bits per heavy atom. The lowest BCUT2D eigenvalue weighted by molar-refractivity contribution is -0.118. The maximum absolute atomic E-state index is 12.4. The van der Waals surface area contributed by atoms with Crippen LogP contribution in [-0.4, -0.2) is 19.3 Å². The quantitative estimate of drug-likeness (QED) is 0.712. The highest BCUT2D eigenvalue weighted by Gasteiger charge is 2.15. The molecule has 8 heteroatoms. The standard InChI is InChI=1S/C17H17N3O3S2/c1-11(2)16(21)19-17-18-14-10-12(8-9-15(14)24-17)20-25(22,23)13-6-4-3-5-7-13/h3-11,20H,1-2H3,(H,18,19,21). The van der Waals surface area contributed by atoms with Gasteiger partial charge in [-0.2, -0.15) is 0 Å². The summed E-state index contributed by atoms with van der Waals surface area (Å²) in [7, 11) is -3.65. The summed E-state index contributed by atoms with van der Waals surface area (Å²) in [6.07, 6.45) is 0. The number of amides is 1. The van der Waals surface area contributed by atoms with E-state index in [0.717, 1.165) is 4.70 Å². The maximum Gasteiger partial charge on any atom is 0.261 e. The summed E-state index contributed by atoms with van der Waals surface area (Å²) in [5, 5.41) is 3.25. The molecule has 0 bridgehead atoms. The second-order valence-electron chi connectivity index (χ2n) is 5.76. The van der Waals surface area contributed by atoms with E-state index in [1.165, 1.54) is 23.5 Å². The SMILES string of the molecule is CC(C)C(=O)Nc1nc2cc(NS(=O)(=O)c3ccccc3)ccc2s1. The molecule has 0 aliphatic rings. The number of carbonyl (C=O) groups is 1. The second kappa shape index (κ2) is 6.81. The monoisotopic (exact) mass is 375 g/mol. The molecule has 0 saturated heterocycles. The smallest absolute Gasteiger partial charge is 0.261 e. The molecule has 3 rings (SSSR count). The first-order chi connectivity index (χ1) is 11.8. The van der Waals surface area contributed by atoms with Crippen molar-refractivity contribution in [3.8, 4) is 0 Å². The highest BCUT2D eigenvalue weighted by atomic mass is 32.2. The molecule has 0 atom stereocenters. The van der Waals surface area contributed by atoms with Gasteiger partial charge in [0.05, 0.1) is 20.8 Å². The van der Waals surface area contributed by atoms with Gasteiger partial charge in [-0.1, -0.05) is 43.4 Å². The van der Waals surface area contributed by atoms with Crippen LogP contribution in [0, 0.1) is 5.92 Å². The molecule has 1 aromatic heterocycles. The average molecular weight is 375 g/mol. The minimum Gasteiger partial charge on any atom is -0.302 e. The van der Waals surface area contributed by atoms with Gasteiger partial charge in [0, 0.05) is 5.92 Å². The molecular formula is C17H17N3O3S2. The van der Waals surface area contributed by atoms with Crippen molar-refractivity contribution in [2.75, 3.05) is 10.0 Å². The number of nitrogens with zero attached hydrogens (tertiary/aromatic N) is 1. The molecule has 3 aromatic rings. The highest BCUT2D eigenvalue weighted by Crippen LogP contribution is 2.29. The molecule has 0 saturated carbocycles. The zero-order valence-corrected chi connectivity index (χ0v) is 15.3. The number of hydrogen-bond donors (Lipinski definition) is 2. The maximum atomic E-state index is 12.4. The number of aromatic nitrogens is 1. The molecule has 6 nitrogen and oxygen atoms in total. The molecular weight excluding hydrogens is 358 g/mol. The third kappa shape index (κ3) is 3.97. The molecule has 1 amide bonds. The molecule has 0 fully saturated rings. The predicted molar refractivity (Wildman–Crippen MR) is 100 cm³/mol. The Labute approximate surface area is 150 Å². The van der Waals surface area contributed by atoms with Gasteiger partial charge in [-0.05, 0) is 30.3 Å². The molecule has 0 radical (unpaired) electrons. The molecule has 2 N–H and O–H groups in total. The van der Waals surface area contributed by atoms with Crippen LogP contribution in [0.2, 0.25) is 0 Å². The predicted octanol–water partition coefficient (Wildman–Crippen LogP) is 3.69. The summed E-state index contributed by atoms with van der Waals surface area (Å²) < 4.78 is 28.2. The fourth-order valence-corrected chi connectivity index (χ4v) is 4.03. The van der Waals surface area contributed by atoms with E-state index < -0.39 is 10.0 Å². The van der Waals surface area contributed by atoms with E-state index >= 15 is 0 Å². The van der Waals surface area contributed by atoms with Crippen LogP contribution < -0.4 is 10.0 Å². The third-order valence-electron chi connectivity index (χ3n) is 3.45. The summed E-state index contributed by atoms with van der Waals surface area (Å²) in [4.78, 5) is 16.3. The summed E-state index contributed by atoms with van der Waals surface area (Å²) in [6.45, 7) is 3.61. The van der Waals surface area contributed by atoms with Crippen LogP contribution in [0.1, 0.15) is 13.8 Å². The summed E-state index contributed by atoms with van der Waals surface area (Å²) in [5.74, 6) is -0.246. The Morgan fingerprint density at radius 3 is 2.52 bits per heavy atom. The number of sulfonamides is 1. The Kier molecular flexibility index (Phi) is 4.73. The van der Waals surface area contributed by atoms with Crippen LogP contribution >= 0.6 is 11.3 Å². The van der Waals surface area contributed by atoms with E-state index in [2.05, 4.69) is 15.0 Å². The number of hydrogen-bond acceptors (Lipinski definition) is 5. The first kappa shape index (κ1) is 17.4. The van der Waals surface area contributed by atoms with E-state index in [1.807, 2.05) is 0 Å². The van der Waals surface area contributed by atoms with Gasteiger partial charge in [-0.3, -0.25) is 9.52 Å². The zero-order valence-electron chi connectivity index (χ0n) is 13.7. The van der Waals surface area contributed by atoms with Crippen molar-refractivity contribution in [3.05, 3.63) is 48.5 Å². The van der Waals surface area contributed by atoms with Crippen molar-refractivity contribution in [3.63, 3.8) is 0 Å². The van der Waals surface area contributed by atoms with Gasteiger partial charge in [0.1, 0.15) is 0 Å². The molecule has 0 spiro atoms. The Bertz CT molecular complexity index is 1010. The molecule has 25 heavy (non-hydrogen) atoms. The third-order valence-corrected chi connectivity index (χ3v) is 5.80. The van der Waals surface area contributed by atoms with Crippen LogP contribution in [0.25, 0.3) is 10.2 Å². The number of anilines is 2. The lowest BCUT2D eigenvalue weighted by Crippen LogP contribution is -2.17. The molecule has 0 unspecified atom stereocenters. The van der Waals surface area contributed by atoms with Crippen molar-refractivity contribution in [2.24, 2.45) is 5.92 Å². The van der Waals surface area contributed by atoms with E-state index in [-0.39, 0.29) is 16.7 Å². The number of thiazole rings is 1. The zero-order chi connectivity index (χ0) is 18.0. The first-order valence-corrected chi connectivity index (χ1v) is 9.94. The molecule has 130 valence electrons. The van der Waals surface area contributed by atoms with Crippen LogP contribution in [0.4, 0.5) is 10.8 Å². The largest absolute Gasteiger partial charge is 0.302 e. The average Bonchev–Trinajstić information content (AvgIpc) is 2.96. The van der Waals surface area contributed by atoms with Crippen LogP contribution in [0.3, 0.4) is 0 Å².